The van der Waals surface area contributed by atoms with Gasteiger partial charge in [-0.2, -0.15) is 0 Å². The lowest BCUT2D eigenvalue weighted by Crippen LogP contribution is -2.43. The SMILES string of the molecule is Cc1ccnc(NC(=O)[C@H]2CCCN2C(=O)c2ccc(Cl)c(Cl)c2)c1. The second-order valence-electron chi connectivity index (χ2n) is 5.99. The molecule has 5 nitrogen and oxygen atoms in total. The molecule has 2 aromatic rings. The first-order valence-electron chi connectivity index (χ1n) is 7.95. The van der Waals surface area contributed by atoms with Gasteiger partial charge in [0.05, 0.1) is 10.0 Å². The molecule has 0 aliphatic carbocycles. The summed E-state index contributed by atoms with van der Waals surface area (Å²) in [7, 11) is 0. The van der Waals surface area contributed by atoms with Gasteiger partial charge in [0, 0.05) is 18.3 Å². The predicted octanol–water partition coefficient (Wildman–Crippen LogP) is 3.94. The molecular weight excluding hydrogens is 361 g/mol. The highest BCUT2D eigenvalue weighted by Crippen LogP contribution is 2.26. The van der Waals surface area contributed by atoms with Gasteiger partial charge < -0.3 is 10.2 Å². The number of hydrogen-bond donors (Lipinski definition) is 1. The molecular formula is C18H17Cl2N3O2. The van der Waals surface area contributed by atoms with E-state index in [-0.39, 0.29) is 11.8 Å². The van der Waals surface area contributed by atoms with Crippen LogP contribution in [-0.4, -0.2) is 34.3 Å². The Balaban J connectivity index is 1.76. The van der Waals surface area contributed by atoms with E-state index in [1.165, 1.54) is 6.07 Å². The van der Waals surface area contributed by atoms with E-state index < -0.39 is 6.04 Å². The fourth-order valence-corrected chi connectivity index (χ4v) is 3.19. The predicted molar refractivity (Wildman–Crippen MR) is 98.1 cm³/mol. The molecule has 7 heteroatoms. The molecule has 1 saturated heterocycles. The maximum absolute atomic E-state index is 12.8. The molecule has 1 atom stereocenters. The van der Waals surface area contributed by atoms with Gasteiger partial charge in [-0.25, -0.2) is 4.98 Å². The summed E-state index contributed by atoms with van der Waals surface area (Å²) in [6.45, 7) is 2.45. The second-order valence-corrected chi connectivity index (χ2v) is 6.81. The smallest absolute Gasteiger partial charge is 0.254 e. The largest absolute Gasteiger partial charge is 0.327 e. The van der Waals surface area contributed by atoms with Crippen LogP contribution in [0, 0.1) is 6.92 Å². The third-order valence-corrected chi connectivity index (χ3v) is 4.89. The normalized spacial score (nSPS) is 16.8. The standard InChI is InChI=1S/C18H17Cl2N3O2/c1-11-6-7-21-16(9-11)22-17(24)15-3-2-8-23(15)18(25)12-4-5-13(19)14(20)10-12/h4-7,9-10,15H,2-3,8H2,1H3,(H,21,22,24)/t15-/m1/s1. The third-order valence-electron chi connectivity index (χ3n) is 4.15. The quantitative estimate of drug-likeness (QED) is 0.880. The van der Waals surface area contributed by atoms with E-state index in [2.05, 4.69) is 10.3 Å². The van der Waals surface area contributed by atoms with Crippen LogP contribution in [0.2, 0.25) is 10.0 Å². The Kier molecular flexibility index (Phi) is 5.25. The number of anilines is 1. The third kappa shape index (κ3) is 3.94. The maximum atomic E-state index is 12.8. The number of hydrogen-bond acceptors (Lipinski definition) is 3. The summed E-state index contributed by atoms with van der Waals surface area (Å²) in [5, 5.41) is 3.50. The van der Waals surface area contributed by atoms with Crippen LogP contribution in [0.4, 0.5) is 5.82 Å². The van der Waals surface area contributed by atoms with Crippen molar-refractivity contribution in [3.05, 3.63) is 57.7 Å². The minimum absolute atomic E-state index is 0.228. The van der Waals surface area contributed by atoms with Crippen molar-refractivity contribution >= 4 is 40.8 Å². The molecule has 1 fully saturated rings. The first-order chi connectivity index (χ1) is 12.0. The lowest BCUT2D eigenvalue weighted by molar-refractivity contribution is -0.119. The number of benzene rings is 1. The van der Waals surface area contributed by atoms with E-state index in [9.17, 15) is 9.59 Å². The number of nitrogens with one attached hydrogen (secondary N) is 1. The van der Waals surface area contributed by atoms with Crippen molar-refractivity contribution < 1.29 is 9.59 Å². The molecule has 0 saturated carbocycles. The van der Waals surface area contributed by atoms with E-state index in [1.807, 2.05) is 13.0 Å². The van der Waals surface area contributed by atoms with Crippen LogP contribution in [0.5, 0.6) is 0 Å². The maximum Gasteiger partial charge on any atom is 0.254 e. The highest BCUT2D eigenvalue weighted by atomic mass is 35.5. The second kappa shape index (κ2) is 7.42. The van der Waals surface area contributed by atoms with Gasteiger partial charge in [-0.1, -0.05) is 23.2 Å². The monoisotopic (exact) mass is 377 g/mol. The van der Waals surface area contributed by atoms with E-state index in [0.717, 1.165) is 12.0 Å². The van der Waals surface area contributed by atoms with Gasteiger partial charge in [-0.05, 0) is 55.7 Å². The van der Waals surface area contributed by atoms with Crippen LogP contribution in [0.25, 0.3) is 0 Å². The number of carbonyl (C=O) groups excluding carboxylic acids is 2. The molecule has 1 aliphatic heterocycles. The van der Waals surface area contributed by atoms with Crippen molar-refractivity contribution in [2.24, 2.45) is 0 Å². The Morgan fingerprint density at radius 1 is 1.20 bits per heavy atom. The molecule has 1 aliphatic rings. The fourth-order valence-electron chi connectivity index (χ4n) is 2.89. The summed E-state index contributed by atoms with van der Waals surface area (Å²) in [6, 6.07) is 7.85. The van der Waals surface area contributed by atoms with Crippen molar-refractivity contribution in [3.63, 3.8) is 0 Å². The Morgan fingerprint density at radius 2 is 2.00 bits per heavy atom. The molecule has 1 aromatic carbocycles. The molecule has 0 spiro atoms. The Labute approximate surface area is 155 Å². The molecule has 1 aromatic heterocycles. The van der Waals surface area contributed by atoms with Gasteiger partial charge in [-0.15, -0.1) is 0 Å². The van der Waals surface area contributed by atoms with Gasteiger partial charge in [0.1, 0.15) is 11.9 Å². The highest BCUT2D eigenvalue weighted by Gasteiger charge is 2.34. The lowest BCUT2D eigenvalue weighted by atomic mass is 10.1. The van der Waals surface area contributed by atoms with E-state index >= 15 is 0 Å². The average molecular weight is 378 g/mol. The Bertz CT molecular complexity index is 826. The van der Waals surface area contributed by atoms with Crippen LogP contribution in [0.15, 0.2) is 36.5 Å². The summed E-state index contributed by atoms with van der Waals surface area (Å²) < 4.78 is 0. The molecule has 1 N–H and O–H groups in total. The summed E-state index contributed by atoms with van der Waals surface area (Å²) in [5.41, 5.74) is 1.42. The molecule has 2 heterocycles. The number of nitrogens with zero attached hydrogens (tertiary/aromatic N) is 2. The van der Waals surface area contributed by atoms with Gasteiger partial charge in [0.15, 0.2) is 0 Å². The lowest BCUT2D eigenvalue weighted by Gasteiger charge is -2.24. The van der Waals surface area contributed by atoms with Crippen LogP contribution in [-0.2, 0) is 4.79 Å². The van der Waals surface area contributed by atoms with Crippen LogP contribution in [0.1, 0.15) is 28.8 Å². The number of aromatic nitrogens is 1. The molecule has 3 rings (SSSR count). The molecule has 2 amide bonds. The summed E-state index contributed by atoms with van der Waals surface area (Å²) in [5.74, 6) is 0.0243. The van der Waals surface area contributed by atoms with Gasteiger partial charge in [0.2, 0.25) is 5.91 Å². The zero-order chi connectivity index (χ0) is 18.0. The topological polar surface area (TPSA) is 62.3 Å². The number of pyridine rings is 1. The van der Waals surface area contributed by atoms with Crippen LogP contribution >= 0.6 is 23.2 Å². The zero-order valence-corrected chi connectivity index (χ0v) is 15.1. The van der Waals surface area contributed by atoms with Crippen molar-refractivity contribution in [1.29, 1.82) is 0 Å². The fraction of sp³-hybridized carbons (Fsp3) is 0.278. The van der Waals surface area contributed by atoms with Gasteiger partial charge in [-0.3, -0.25) is 9.59 Å². The highest BCUT2D eigenvalue weighted by molar-refractivity contribution is 6.42. The number of likely N-dealkylation sites (tertiary alicyclic amines) is 1. The number of carbonyl (C=O) groups is 2. The summed E-state index contributed by atoms with van der Waals surface area (Å²) in [6.07, 6.45) is 3.02. The molecule has 0 unspecified atom stereocenters. The van der Waals surface area contributed by atoms with E-state index in [4.69, 9.17) is 23.2 Å². The minimum Gasteiger partial charge on any atom is -0.327 e. The molecule has 0 bridgehead atoms. The first kappa shape index (κ1) is 17.7. The number of halogens is 2. The summed E-state index contributed by atoms with van der Waals surface area (Å²) >= 11 is 11.9. The molecule has 130 valence electrons. The Morgan fingerprint density at radius 3 is 2.72 bits per heavy atom. The molecule has 25 heavy (non-hydrogen) atoms. The van der Waals surface area contributed by atoms with Crippen molar-refractivity contribution in [1.82, 2.24) is 9.88 Å². The van der Waals surface area contributed by atoms with E-state index in [0.29, 0.717) is 34.4 Å². The Hall–Kier alpha value is -2.11. The number of aryl methyl sites for hydroxylation is 1. The first-order valence-corrected chi connectivity index (χ1v) is 8.71. The van der Waals surface area contributed by atoms with Crippen molar-refractivity contribution in [3.8, 4) is 0 Å². The van der Waals surface area contributed by atoms with Crippen LogP contribution < -0.4 is 5.32 Å². The average Bonchev–Trinajstić information content (AvgIpc) is 3.06. The van der Waals surface area contributed by atoms with Crippen molar-refractivity contribution in [2.75, 3.05) is 11.9 Å². The van der Waals surface area contributed by atoms with Crippen molar-refractivity contribution in [2.45, 2.75) is 25.8 Å². The number of rotatable bonds is 3. The van der Waals surface area contributed by atoms with E-state index in [1.54, 1.807) is 29.3 Å². The zero-order valence-electron chi connectivity index (χ0n) is 13.6. The van der Waals surface area contributed by atoms with Gasteiger partial charge in [0.25, 0.3) is 5.91 Å². The minimum atomic E-state index is -0.524. The summed E-state index contributed by atoms with van der Waals surface area (Å²) in [4.78, 5) is 31.1. The molecule has 0 radical (unpaired) electrons. The van der Waals surface area contributed by atoms with Crippen LogP contribution in [0.3, 0.4) is 0 Å². The number of amides is 2. The van der Waals surface area contributed by atoms with Gasteiger partial charge >= 0.3 is 0 Å².